The minimum Gasteiger partial charge on any atom is -0.357 e. The van der Waals surface area contributed by atoms with Gasteiger partial charge in [-0.05, 0) is 40.9 Å². The zero-order valence-electron chi connectivity index (χ0n) is 11.3. The number of aromatic amines is 1. The molecule has 0 aliphatic carbocycles. The second-order valence-corrected chi connectivity index (χ2v) is 5.75. The van der Waals surface area contributed by atoms with Crippen molar-refractivity contribution in [3.8, 4) is 0 Å². The zero-order valence-corrected chi connectivity index (χ0v) is 12.9. The van der Waals surface area contributed by atoms with Gasteiger partial charge in [-0.25, -0.2) is 0 Å². The van der Waals surface area contributed by atoms with Crippen LogP contribution >= 0.6 is 15.9 Å². The molecule has 2 nitrogen and oxygen atoms in total. The van der Waals surface area contributed by atoms with Crippen LogP contribution in [0.3, 0.4) is 0 Å². The van der Waals surface area contributed by atoms with E-state index in [2.05, 4.69) is 27.8 Å². The highest BCUT2D eigenvalue weighted by Gasteiger charge is 2.08. The first-order valence-electron chi connectivity index (χ1n) is 7.03. The van der Waals surface area contributed by atoms with Crippen LogP contribution in [0.2, 0.25) is 0 Å². The van der Waals surface area contributed by atoms with Gasteiger partial charge in [0.1, 0.15) is 0 Å². The largest absolute Gasteiger partial charge is 0.357 e. The Morgan fingerprint density at radius 3 is 2.63 bits per heavy atom. The van der Waals surface area contributed by atoms with Gasteiger partial charge in [-0.2, -0.15) is 0 Å². The van der Waals surface area contributed by atoms with Gasteiger partial charge in [-0.15, -0.1) is 0 Å². The van der Waals surface area contributed by atoms with Gasteiger partial charge < -0.3 is 4.98 Å². The lowest BCUT2D eigenvalue weighted by Gasteiger charge is -2.07. The molecule has 0 atom stereocenters. The monoisotopic (exact) mass is 321 g/mol. The summed E-state index contributed by atoms with van der Waals surface area (Å²) in [5.74, 6) is 0. The Hall–Kier alpha value is -1.09. The number of para-hydroxylation sites is 1. The summed E-state index contributed by atoms with van der Waals surface area (Å²) in [6.07, 6.45) is 7.14. The van der Waals surface area contributed by atoms with Crippen molar-refractivity contribution >= 4 is 26.8 Å². The van der Waals surface area contributed by atoms with Crippen molar-refractivity contribution in [3.63, 3.8) is 0 Å². The number of pyridine rings is 1. The fourth-order valence-corrected chi connectivity index (χ4v) is 2.85. The summed E-state index contributed by atoms with van der Waals surface area (Å²) < 4.78 is 0.696. The predicted octanol–water partition coefficient (Wildman–Crippen LogP) is 4.80. The Labute approximate surface area is 122 Å². The van der Waals surface area contributed by atoms with E-state index in [9.17, 15) is 4.79 Å². The molecule has 1 heterocycles. The average molecular weight is 322 g/mol. The molecular formula is C16H20BrNO. The molecule has 0 aliphatic heterocycles. The lowest BCUT2D eigenvalue weighted by atomic mass is 10.1. The molecule has 0 radical (unpaired) electrons. The van der Waals surface area contributed by atoms with Crippen LogP contribution in [0.25, 0.3) is 10.9 Å². The second kappa shape index (κ2) is 6.90. The van der Waals surface area contributed by atoms with Gasteiger partial charge in [-0.1, -0.05) is 44.7 Å². The van der Waals surface area contributed by atoms with E-state index in [0.717, 1.165) is 29.4 Å². The van der Waals surface area contributed by atoms with Crippen molar-refractivity contribution in [3.05, 3.63) is 44.7 Å². The Kier molecular flexibility index (Phi) is 5.20. The van der Waals surface area contributed by atoms with E-state index in [1.54, 1.807) is 0 Å². The molecule has 2 aromatic rings. The highest BCUT2D eigenvalue weighted by molar-refractivity contribution is 9.10. The van der Waals surface area contributed by atoms with E-state index in [-0.39, 0.29) is 5.43 Å². The lowest BCUT2D eigenvalue weighted by molar-refractivity contribution is 0.628. The van der Waals surface area contributed by atoms with Crippen LogP contribution in [0.15, 0.2) is 33.5 Å². The lowest BCUT2D eigenvalue weighted by Crippen LogP contribution is -2.08. The Balaban J connectivity index is 2.15. The Bertz CT molecular complexity index is 603. The maximum Gasteiger partial charge on any atom is 0.203 e. The fraction of sp³-hybridized carbons (Fsp3) is 0.438. The molecule has 0 saturated heterocycles. The van der Waals surface area contributed by atoms with Crippen LogP contribution in [-0.4, -0.2) is 4.98 Å². The molecule has 0 fully saturated rings. The van der Waals surface area contributed by atoms with Crippen LogP contribution < -0.4 is 5.43 Å². The molecule has 19 heavy (non-hydrogen) atoms. The van der Waals surface area contributed by atoms with Gasteiger partial charge in [0.2, 0.25) is 5.43 Å². The predicted molar refractivity (Wildman–Crippen MR) is 84.7 cm³/mol. The number of aryl methyl sites for hydroxylation is 1. The smallest absolute Gasteiger partial charge is 0.203 e. The van der Waals surface area contributed by atoms with Crippen molar-refractivity contribution < 1.29 is 0 Å². The molecule has 0 amide bonds. The Morgan fingerprint density at radius 2 is 1.84 bits per heavy atom. The van der Waals surface area contributed by atoms with Crippen molar-refractivity contribution in [1.82, 2.24) is 4.98 Å². The summed E-state index contributed by atoms with van der Waals surface area (Å²) in [5, 5.41) is 0.754. The first-order chi connectivity index (χ1) is 9.24. The minimum atomic E-state index is 0.0953. The van der Waals surface area contributed by atoms with Crippen molar-refractivity contribution in [2.24, 2.45) is 0 Å². The number of hydrogen-bond acceptors (Lipinski definition) is 1. The maximum atomic E-state index is 12.2. The number of benzene rings is 1. The summed E-state index contributed by atoms with van der Waals surface area (Å²) in [5.41, 5.74) is 2.05. The maximum absolute atomic E-state index is 12.2. The van der Waals surface area contributed by atoms with Gasteiger partial charge in [0.15, 0.2) is 0 Å². The van der Waals surface area contributed by atoms with Gasteiger partial charge in [0.25, 0.3) is 0 Å². The number of nitrogens with one attached hydrogen (secondary N) is 1. The summed E-state index contributed by atoms with van der Waals surface area (Å²) >= 11 is 3.44. The third kappa shape index (κ3) is 3.47. The number of hydrogen-bond donors (Lipinski definition) is 1. The molecule has 0 bridgehead atoms. The van der Waals surface area contributed by atoms with E-state index >= 15 is 0 Å². The van der Waals surface area contributed by atoms with Gasteiger partial charge in [-0.3, -0.25) is 4.79 Å². The van der Waals surface area contributed by atoms with Crippen LogP contribution in [0.5, 0.6) is 0 Å². The minimum absolute atomic E-state index is 0.0953. The molecule has 1 aromatic carbocycles. The van der Waals surface area contributed by atoms with E-state index in [1.165, 1.54) is 25.7 Å². The number of H-pyrrole nitrogens is 1. The number of rotatable bonds is 6. The van der Waals surface area contributed by atoms with E-state index in [0.29, 0.717) is 4.47 Å². The molecule has 1 N–H and O–H groups in total. The SMILES string of the molecule is CCCCCCCc1[nH]c2ccccc2c(=O)c1Br. The van der Waals surface area contributed by atoms with Crippen LogP contribution in [0.4, 0.5) is 0 Å². The molecule has 102 valence electrons. The fourth-order valence-electron chi connectivity index (χ4n) is 2.34. The molecule has 2 rings (SSSR count). The van der Waals surface area contributed by atoms with Crippen LogP contribution in [0.1, 0.15) is 44.7 Å². The molecule has 0 aliphatic rings. The molecule has 0 spiro atoms. The first-order valence-corrected chi connectivity index (χ1v) is 7.82. The molecule has 0 saturated carbocycles. The molecule has 1 aromatic heterocycles. The average Bonchev–Trinajstić information content (AvgIpc) is 2.44. The van der Waals surface area contributed by atoms with E-state index in [1.807, 2.05) is 24.3 Å². The highest BCUT2D eigenvalue weighted by Crippen LogP contribution is 2.18. The zero-order chi connectivity index (χ0) is 13.7. The first kappa shape index (κ1) is 14.3. The number of unbranched alkanes of at least 4 members (excludes halogenated alkanes) is 4. The quantitative estimate of drug-likeness (QED) is 0.761. The molecular weight excluding hydrogens is 302 g/mol. The van der Waals surface area contributed by atoms with E-state index < -0.39 is 0 Å². The second-order valence-electron chi connectivity index (χ2n) is 4.96. The van der Waals surface area contributed by atoms with Crippen LogP contribution in [0, 0.1) is 0 Å². The molecule has 0 unspecified atom stereocenters. The number of halogens is 1. The highest BCUT2D eigenvalue weighted by atomic mass is 79.9. The van der Waals surface area contributed by atoms with Crippen molar-refractivity contribution in [2.75, 3.05) is 0 Å². The van der Waals surface area contributed by atoms with Crippen LogP contribution in [-0.2, 0) is 6.42 Å². The van der Waals surface area contributed by atoms with Gasteiger partial charge in [0, 0.05) is 16.6 Å². The third-order valence-corrected chi connectivity index (χ3v) is 4.29. The van der Waals surface area contributed by atoms with Crippen molar-refractivity contribution in [1.29, 1.82) is 0 Å². The topological polar surface area (TPSA) is 32.9 Å². The molecule has 3 heteroatoms. The van der Waals surface area contributed by atoms with E-state index in [4.69, 9.17) is 0 Å². The summed E-state index contributed by atoms with van der Waals surface area (Å²) in [4.78, 5) is 15.6. The third-order valence-electron chi connectivity index (χ3n) is 3.45. The summed E-state index contributed by atoms with van der Waals surface area (Å²) in [6.45, 7) is 2.22. The van der Waals surface area contributed by atoms with Gasteiger partial charge in [0.05, 0.1) is 4.47 Å². The van der Waals surface area contributed by atoms with Crippen molar-refractivity contribution in [2.45, 2.75) is 45.4 Å². The summed E-state index contributed by atoms with van der Waals surface area (Å²) in [7, 11) is 0. The Morgan fingerprint density at radius 1 is 1.11 bits per heavy atom. The number of fused-ring (bicyclic) bond motifs is 1. The van der Waals surface area contributed by atoms with Gasteiger partial charge >= 0.3 is 0 Å². The standard InChI is InChI=1S/C16H20BrNO/c1-2-3-4-5-6-11-14-15(17)16(19)12-9-7-8-10-13(12)18-14/h7-10H,2-6,11H2,1H3,(H,18,19). The summed E-state index contributed by atoms with van der Waals surface area (Å²) in [6, 6.07) is 7.68. The normalized spacial score (nSPS) is 11.1. The number of aromatic nitrogens is 1.